The van der Waals surface area contributed by atoms with Gasteiger partial charge >= 0.3 is 0 Å². The van der Waals surface area contributed by atoms with Crippen molar-refractivity contribution in [2.45, 2.75) is 19.8 Å². The van der Waals surface area contributed by atoms with Gasteiger partial charge in [-0.25, -0.2) is 0 Å². The van der Waals surface area contributed by atoms with Crippen LogP contribution in [-0.4, -0.2) is 11.6 Å². The van der Waals surface area contributed by atoms with Crippen LogP contribution >= 0.6 is 0 Å². The molecule has 1 rings (SSSR count). The molecule has 0 unspecified atom stereocenters. The molecule has 3 heteroatoms. The number of furan rings is 1. The molecule has 0 saturated carbocycles. The van der Waals surface area contributed by atoms with Crippen molar-refractivity contribution in [1.29, 1.82) is 0 Å². The standard InChI is InChI=1S/C7H10O.CH2O2/c1-2-4-7-5-3-6-8-7;2-1-3/h3,5-6H,2,4H2,1H3;1H,(H,2,3). The summed E-state index contributed by atoms with van der Waals surface area (Å²) in [6.45, 7) is 1.89. The molecule has 3 nitrogen and oxygen atoms in total. The fourth-order valence-corrected chi connectivity index (χ4v) is 0.701. The van der Waals surface area contributed by atoms with Crippen molar-refractivity contribution >= 4 is 6.47 Å². The smallest absolute Gasteiger partial charge is 0.290 e. The summed E-state index contributed by atoms with van der Waals surface area (Å²) in [6, 6.07) is 3.93. The van der Waals surface area contributed by atoms with E-state index in [9.17, 15) is 0 Å². The van der Waals surface area contributed by atoms with Gasteiger partial charge in [-0.05, 0) is 18.6 Å². The Kier molecular flexibility index (Phi) is 6.08. The lowest BCUT2D eigenvalue weighted by Gasteiger charge is -1.85. The zero-order valence-electron chi connectivity index (χ0n) is 6.49. The lowest BCUT2D eigenvalue weighted by Crippen LogP contribution is -1.73. The van der Waals surface area contributed by atoms with E-state index in [1.165, 1.54) is 0 Å². The Morgan fingerprint density at radius 3 is 2.73 bits per heavy atom. The first-order valence-electron chi connectivity index (χ1n) is 3.45. The number of aryl methyl sites for hydroxylation is 1. The molecule has 0 aliphatic carbocycles. The third-order valence-corrected chi connectivity index (χ3v) is 1.08. The molecule has 0 spiro atoms. The number of carbonyl (C=O) groups is 1. The average molecular weight is 156 g/mol. The van der Waals surface area contributed by atoms with Crippen molar-refractivity contribution in [1.82, 2.24) is 0 Å². The van der Waals surface area contributed by atoms with Gasteiger partial charge < -0.3 is 9.52 Å². The maximum atomic E-state index is 8.36. The van der Waals surface area contributed by atoms with E-state index >= 15 is 0 Å². The lowest BCUT2D eigenvalue weighted by molar-refractivity contribution is -0.122. The maximum Gasteiger partial charge on any atom is 0.290 e. The summed E-state index contributed by atoms with van der Waals surface area (Å²) < 4.78 is 5.07. The second-order valence-electron chi connectivity index (χ2n) is 1.93. The van der Waals surface area contributed by atoms with Gasteiger partial charge in [-0.1, -0.05) is 6.92 Å². The molecule has 1 aromatic heterocycles. The summed E-state index contributed by atoms with van der Waals surface area (Å²) in [5.41, 5.74) is 0. The van der Waals surface area contributed by atoms with Gasteiger partial charge in [0.2, 0.25) is 0 Å². The minimum Gasteiger partial charge on any atom is -0.483 e. The Bertz CT molecular complexity index is 167. The van der Waals surface area contributed by atoms with E-state index in [0.29, 0.717) is 0 Å². The molecule has 0 aliphatic heterocycles. The van der Waals surface area contributed by atoms with Crippen LogP contribution in [0.25, 0.3) is 0 Å². The van der Waals surface area contributed by atoms with Crippen LogP contribution < -0.4 is 0 Å². The second kappa shape index (κ2) is 6.86. The molecule has 0 bridgehead atoms. The first-order chi connectivity index (χ1) is 5.35. The zero-order valence-corrected chi connectivity index (χ0v) is 6.49. The number of carboxylic acid groups (broad SMARTS) is 1. The normalized spacial score (nSPS) is 8.09. The van der Waals surface area contributed by atoms with Crippen molar-refractivity contribution in [2.75, 3.05) is 0 Å². The Hall–Kier alpha value is -1.25. The monoisotopic (exact) mass is 156 g/mol. The second-order valence-corrected chi connectivity index (χ2v) is 1.93. The molecule has 0 aromatic carbocycles. The maximum absolute atomic E-state index is 8.36. The van der Waals surface area contributed by atoms with E-state index in [-0.39, 0.29) is 6.47 Å². The van der Waals surface area contributed by atoms with Crippen LogP contribution in [0.15, 0.2) is 22.8 Å². The highest BCUT2D eigenvalue weighted by Crippen LogP contribution is 2.01. The predicted octanol–water partition coefficient (Wildman–Crippen LogP) is 1.93. The third-order valence-electron chi connectivity index (χ3n) is 1.08. The van der Waals surface area contributed by atoms with Crippen LogP contribution in [0.4, 0.5) is 0 Å². The largest absolute Gasteiger partial charge is 0.483 e. The Balaban J connectivity index is 0.000000292. The molecule has 1 heterocycles. The van der Waals surface area contributed by atoms with Gasteiger partial charge in [0.05, 0.1) is 6.26 Å². The molecular weight excluding hydrogens is 144 g/mol. The summed E-state index contributed by atoms with van der Waals surface area (Å²) >= 11 is 0. The highest BCUT2D eigenvalue weighted by molar-refractivity contribution is 5.32. The van der Waals surface area contributed by atoms with E-state index in [4.69, 9.17) is 14.3 Å². The van der Waals surface area contributed by atoms with Crippen LogP contribution in [0.1, 0.15) is 19.1 Å². The van der Waals surface area contributed by atoms with Gasteiger partial charge in [-0.15, -0.1) is 0 Å². The minimum absolute atomic E-state index is 0.250. The SMILES string of the molecule is CCCc1ccco1.O=CO. The zero-order chi connectivity index (χ0) is 8.53. The summed E-state index contributed by atoms with van der Waals surface area (Å²) in [4.78, 5) is 8.36. The van der Waals surface area contributed by atoms with E-state index in [0.717, 1.165) is 18.6 Å². The number of hydrogen-bond donors (Lipinski definition) is 1. The van der Waals surface area contributed by atoms with Crippen LogP contribution in [0, 0.1) is 0 Å². The Morgan fingerprint density at radius 1 is 1.73 bits per heavy atom. The highest BCUT2D eigenvalue weighted by Gasteiger charge is 1.88. The predicted molar refractivity (Wildman–Crippen MR) is 41.4 cm³/mol. The van der Waals surface area contributed by atoms with Gasteiger partial charge in [0.25, 0.3) is 6.47 Å². The van der Waals surface area contributed by atoms with Gasteiger partial charge in [-0.3, -0.25) is 4.79 Å². The average Bonchev–Trinajstić information content (AvgIpc) is 2.42. The summed E-state index contributed by atoms with van der Waals surface area (Å²) in [7, 11) is 0. The van der Waals surface area contributed by atoms with E-state index < -0.39 is 0 Å². The molecule has 0 amide bonds. The van der Waals surface area contributed by atoms with Crippen LogP contribution in [0.5, 0.6) is 0 Å². The molecule has 1 N–H and O–H groups in total. The summed E-state index contributed by atoms with van der Waals surface area (Å²) in [5.74, 6) is 1.09. The van der Waals surface area contributed by atoms with E-state index in [1.807, 2.05) is 12.1 Å². The fourth-order valence-electron chi connectivity index (χ4n) is 0.701. The van der Waals surface area contributed by atoms with Crippen molar-refractivity contribution in [3.05, 3.63) is 24.2 Å². The van der Waals surface area contributed by atoms with Crippen molar-refractivity contribution in [3.8, 4) is 0 Å². The van der Waals surface area contributed by atoms with E-state index in [2.05, 4.69) is 6.92 Å². The van der Waals surface area contributed by atoms with Crippen LogP contribution in [0.3, 0.4) is 0 Å². The third kappa shape index (κ3) is 5.21. The molecule has 11 heavy (non-hydrogen) atoms. The molecular formula is C8H12O3. The molecule has 0 aliphatic rings. The first-order valence-corrected chi connectivity index (χ1v) is 3.45. The van der Waals surface area contributed by atoms with Crippen molar-refractivity contribution in [2.24, 2.45) is 0 Å². The van der Waals surface area contributed by atoms with Gasteiger partial charge in [0.1, 0.15) is 5.76 Å². The van der Waals surface area contributed by atoms with Gasteiger partial charge in [0, 0.05) is 6.42 Å². The highest BCUT2D eigenvalue weighted by atomic mass is 16.3. The molecule has 0 radical (unpaired) electrons. The molecule has 0 saturated heterocycles. The lowest BCUT2D eigenvalue weighted by atomic mass is 10.3. The molecule has 0 atom stereocenters. The molecule has 62 valence electrons. The molecule has 0 fully saturated rings. The van der Waals surface area contributed by atoms with Gasteiger partial charge in [0.15, 0.2) is 0 Å². The quantitative estimate of drug-likeness (QED) is 0.665. The number of rotatable bonds is 2. The minimum atomic E-state index is -0.250. The first kappa shape index (κ1) is 9.75. The van der Waals surface area contributed by atoms with Crippen LogP contribution in [-0.2, 0) is 11.2 Å². The van der Waals surface area contributed by atoms with Crippen molar-refractivity contribution < 1.29 is 14.3 Å². The van der Waals surface area contributed by atoms with Crippen LogP contribution in [0.2, 0.25) is 0 Å². The molecule has 1 aromatic rings. The van der Waals surface area contributed by atoms with E-state index in [1.54, 1.807) is 6.26 Å². The Morgan fingerprint density at radius 2 is 2.36 bits per heavy atom. The fraction of sp³-hybridized carbons (Fsp3) is 0.375. The number of hydrogen-bond acceptors (Lipinski definition) is 2. The topological polar surface area (TPSA) is 50.4 Å². The van der Waals surface area contributed by atoms with Crippen molar-refractivity contribution in [3.63, 3.8) is 0 Å². The Labute approximate surface area is 65.6 Å². The summed E-state index contributed by atoms with van der Waals surface area (Å²) in [5, 5.41) is 6.89. The summed E-state index contributed by atoms with van der Waals surface area (Å²) in [6.07, 6.45) is 3.94. The van der Waals surface area contributed by atoms with Gasteiger partial charge in [-0.2, -0.15) is 0 Å².